The number of allylic oxidation sites excluding steroid dienone is 1. The average molecular weight is 439 g/mol. The molecule has 0 atom stereocenters. The highest BCUT2D eigenvalue weighted by atomic mass is 17.9. The van der Waals surface area contributed by atoms with Crippen LogP contribution in [0.3, 0.4) is 0 Å². The third kappa shape index (κ3) is 27.2. The minimum Gasteiger partial charge on any atom is -0.314 e. The molecule has 0 aliphatic heterocycles. The second kappa shape index (κ2) is 28.2. The summed E-state index contributed by atoms with van der Waals surface area (Å²) < 4.78 is 0. The number of rotatable bonds is 26. The smallest absolute Gasteiger partial charge is 0.128 e. The lowest BCUT2D eigenvalue weighted by Gasteiger charge is -2.03. The van der Waals surface area contributed by atoms with Crippen LogP contribution in [0.25, 0.3) is 0 Å². The minimum absolute atomic E-state index is 0.388. The van der Waals surface area contributed by atoms with Crippen LogP contribution in [0, 0.1) is 0 Å². The summed E-state index contributed by atoms with van der Waals surface area (Å²) in [5.41, 5.74) is 0. The van der Waals surface area contributed by atoms with Crippen molar-refractivity contribution in [1.82, 2.24) is 0 Å². The van der Waals surface area contributed by atoms with Gasteiger partial charge in [-0.15, -0.1) is 0 Å². The first-order chi connectivity index (χ1) is 14.9. The van der Waals surface area contributed by atoms with Crippen molar-refractivity contribution in [1.29, 1.82) is 0 Å². The first-order valence-electron chi connectivity index (χ1n) is 11.5. The lowest BCUT2D eigenvalue weighted by molar-refractivity contribution is -0.829. The molecular weight excluding hydrogens is 396 g/mol. The second-order valence-corrected chi connectivity index (χ2v) is 7.17. The molecule has 0 fully saturated rings. The molecule has 0 spiro atoms. The van der Waals surface area contributed by atoms with Crippen LogP contribution >= 0.6 is 0 Å². The molecule has 0 heterocycles. The predicted molar refractivity (Wildman–Crippen MR) is 109 cm³/mol. The van der Waals surface area contributed by atoms with Gasteiger partial charge in [0, 0.05) is 20.2 Å². The minimum atomic E-state index is 0.388. The quantitative estimate of drug-likeness (QED) is 0.0600. The summed E-state index contributed by atoms with van der Waals surface area (Å²) in [6.45, 7) is 4.37. The normalized spacial score (nSPS) is 11.5. The summed E-state index contributed by atoms with van der Waals surface area (Å²) >= 11 is 0. The van der Waals surface area contributed by atoms with E-state index in [1.54, 1.807) is 13.0 Å². The van der Waals surface area contributed by atoms with E-state index in [1.807, 2.05) is 0 Å². The Kier molecular flexibility index (Phi) is 27.5. The second-order valence-electron chi connectivity index (χ2n) is 7.17. The summed E-state index contributed by atoms with van der Waals surface area (Å²) in [7, 11) is 0. The van der Waals surface area contributed by atoms with Gasteiger partial charge >= 0.3 is 0 Å². The fraction of sp³-hybridized carbons (Fsp3) is 0.905. The van der Waals surface area contributed by atoms with E-state index in [9.17, 15) is 0 Å². The third-order valence-electron chi connectivity index (χ3n) is 4.53. The van der Waals surface area contributed by atoms with Gasteiger partial charge in [0.25, 0.3) is 0 Å². The Morgan fingerprint density at radius 2 is 0.867 bits per heavy atom. The SMILES string of the molecule is CC=COOOOOOOOOCCCCCCCCCCCCCCCCCC. The molecule has 0 bridgehead atoms. The van der Waals surface area contributed by atoms with Crippen molar-refractivity contribution in [2.75, 3.05) is 6.61 Å². The Bertz CT molecular complexity index is 330. The van der Waals surface area contributed by atoms with E-state index in [2.05, 4.69) is 47.1 Å². The fourth-order valence-corrected chi connectivity index (χ4v) is 2.91. The molecule has 0 aliphatic carbocycles. The van der Waals surface area contributed by atoms with Crippen molar-refractivity contribution in [3.05, 3.63) is 12.3 Å². The molecule has 9 heteroatoms. The van der Waals surface area contributed by atoms with Crippen LogP contribution in [-0.2, 0) is 45.0 Å². The van der Waals surface area contributed by atoms with Gasteiger partial charge in [-0.2, -0.15) is 0 Å². The van der Waals surface area contributed by atoms with Crippen LogP contribution in [0.15, 0.2) is 12.3 Å². The third-order valence-corrected chi connectivity index (χ3v) is 4.53. The zero-order valence-corrected chi connectivity index (χ0v) is 18.8. The van der Waals surface area contributed by atoms with Crippen LogP contribution in [0.4, 0.5) is 0 Å². The highest BCUT2D eigenvalue weighted by Gasteiger charge is 1.97. The Morgan fingerprint density at radius 3 is 1.33 bits per heavy atom. The molecule has 0 aromatic heterocycles. The molecule has 0 aliphatic rings. The van der Waals surface area contributed by atoms with Crippen LogP contribution in [0.5, 0.6) is 0 Å². The highest BCUT2D eigenvalue weighted by Crippen LogP contribution is 2.13. The van der Waals surface area contributed by atoms with Crippen molar-refractivity contribution >= 4 is 0 Å². The lowest BCUT2D eigenvalue weighted by atomic mass is 10.0. The van der Waals surface area contributed by atoms with Gasteiger partial charge in [-0.05, 0) is 34.5 Å². The Morgan fingerprint density at radius 1 is 0.467 bits per heavy atom. The maximum atomic E-state index is 4.72. The first-order valence-corrected chi connectivity index (χ1v) is 11.5. The largest absolute Gasteiger partial charge is 0.314 e. The van der Waals surface area contributed by atoms with E-state index in [1.165, 1.54) is 96.2 Å². The molecule has 9 nitrogen and oxygen atoms in total. The Labute approximate surface area is 181 Å². The van der Waals surface area contributed by atoms with Crippen LogP contribution in [0.1, 0.15) is 117 Å². The van der Waals surface area contributed by atoms with E-state index in [0.717, 1.165) is 12.8 Å². The predicted octanol–water partition coefficient (Wildman–Crippen LogP) is 7.25. The van der Waals surface area contributed by atoms with Crippen molar-refractivity contribution in [2.45, 2.75) is 117 Å². The van der Waals surface area contributed by atoms with Crippen molar-refractivity contribution < 1.29 is 45.0 Å². The summed E-state index contributed by atoms with van der Waals surface area (Å²) in [5.74, 6) is 0. The first kappa shape index (κ1) is 29.2. The average Bonchev–Trinajstić information content (AvgIpc) is 2.76. The van der Waals surface area contributed by atoms with Gasteiger partial charge < -0.3 is 4.89 Å². The molecule has 0 aromatic carbocycles. The Balaban J connectivity index is 2.99. The molecule has 0 saturated heterocycles. The van der Waals surface area contributed by atoms with E-state index in [-0.39, 0.29) is 0 Å². The Hall–Kier alpha value is -0.780. The molecule has 0 N–H and O–H groups in total. The van der Waals surface area contributed by atoms with Gasteiger partial charge in [0.15, 0.2) is 0 Å². The number of unbranched alkanes of at least 4 members (excludes halogenated alkanes) is 15. The van der Waals surface area contributed by atoms with E-state index in [0.29, 0.717) is 6.61 Å². The topological polar surface area (TPSA) is 83.1 Å². The highest BCUT2D eigenvalue weighted by molar-refractivity contribution is 4.62. The zero-order valence-electron chi connectivity index (χ0n) is 18.8. The van der Waals surface area contributed by atoms with E-state index < -0.39 is 0 Å². The van der Waals surface area contributed by atoms with Crippen molar-refractivity contribution in [3.63, 3.8) is 0 Å². The summed E-state index contributed by atoms with van der Waals surface area (Å²) in [6.07, 6.45) is 23.8. The van der Waals surface area contributed by atoms with Gasteiger partial charge in [0.05, 0.1) is 6.61 Å². The van der Waals surface area contributed by atoms with Crippen molar-refractivity contribution in [3.8, 4) is 0 Å². The fourth-order valence-electron chi connectivity index (χ4n) is 2.91. The molecule has 30 heavy (non-hydrogen) atoms. The zero-order chi connectivity index (χ0) is 21.8. The molecule has 0 unspecified atom stereocenters. The summed E-state index contributed by atoms with van der Waals surface area (Å²) in [6, 6.07) is 0. The maximum Gasteiger partial charge on any atom is 0.128 e. The molecule has 0 amide bonds. The molecule has 0 aromatic rings. The molecular formula is C21H42O9. The molecule has 0 saturated carbocycles. The summed E-state index contributed by atoms with van der Waals surface area (Å²) in [4.78, 5) is 9.00. The van der Waals surface area contributed by atoms with Crippen LogP contribution < -0.4 is 0 Å². The van der Waals surface area contributed by atoms with Gasteiger partial charge in [-0.25, -0.2) is 4.89 Å². The number of hydrogen-bond acceptors (Lipinski definition) is 9. The molecule has 180 valence electrons. The van der Waals surface area contributed by atoms with Crippen molar-refractivity contribution in [2.24, 2.45) is 0 Å². The van der Waals surface area contributed by atoms with Gasteiger partial charge in [-0.3, -0.25) is 0 Å². The lowest BCUT2D eigenvalue weighted by Crippen LogP contribution is -2.02. The van der Waals surface area contributed by atoms with Gasteiger partial charge in [0.1, 0.15) is 6.26 Å². The van der Waals surface area contributed by atoms with Gasteiger partial charge in [-0.1, -0.05) is 103 Å². The van der Waals surface area contributed by atoms with Crippen LogP contribution in [0.2, 0.25) is 0 Å². The molecule has 0 rings (SSSR count). The monoisotopic (exact) mass is 438 g/mol. The number of hydrogen-bond donors (Lipinski definition) is 0. The molecule has 0 radical (unpaired) electrons. The standard InChI is InChI=1S/C21H42O9/c1-3-5-6-7-8-9-10-11-12-13-14-15-16-17-18-19-21-23-25-27-29-30-28-26-24-22-20-4-2/h4,20H,3,5-19,21H2,1-2H3. The van der Waals surface area contributed by atoms with Gasteiger partial charge in [0.2, 0.25) is 0 Å². The summed E-state index contributed by atoms with van der Waals surface area (Å²) in [5, 5.41) is 27.8. The van der Waals surface area contributed by atoms with E-state index >= 15 is 0 Å². The van der Waals surface area contributed by atoms with E-state index in [4.69, 9.17) is 4.89 Å². The van der Waals surface area contributed by atoms with Crippen LogP contribution in [-0.4, -0.2) is 6.61 Å². The maximum absolute atomic E-state index is 4.72.